The number of anilines is 1. The van der Waals surface area contributed by atoms with E-state index in [0.717, 1.165) is 12.3 Å². The van der Waals surface area contributed by atoms with Gasteiger partial charge in [0.15, 0.2) is 0 Å². The Balaban J connectivity index is 2.01. The predicted octanol–water partition coefficient (Wildman–Crippen LogP) is 2.68. The van der Waals surface area contributed by atoms with Gasteiger partial charge in [-0.3, -0.25) is 4.79 Å². The highest BCUT2D eigenvalue weighted by molar-refractivity contribution is 5.71. The third-order valence-corrected chi connectivity index (χ3v) is 3.23. The van der Waals surface area contributed by atoms with Gasteiger partial charge < -0.3 is 10.4 Å². The normalized spacial score (nSPS) is 22.7. The predicted molar refractivity (Wildman–Crippen MR) is 61.7 cm³/mol. The molecule has 0 unspecified atom stereocenters. The number of nitrogens with zero attached hydrogens (tertiary/aromatic N) is 1. The Morgan fingerprint density at radius 3 is 2.58 bits per heavy atom. The van der Waals surface area contributed by atoms with E-state index in [4.69, 9.17) is 5.11 Å². The fourth-order valence-electron chi connectivity index (χ4n) is 2.01. The van der Waals surface area contributed by atoms with Crippen LogP contribution in [-0.2, 0) is 11.0 Å². The van der Waals surface area contributed by atoms with Gasteiger partial charge in [-0.1, -0.05) is 0 Å². The van der Waals surface area contributed by atoms with E-state index in [1.54, 1.807) is 0 Å². The number of aromatic nitrogens is 1. The first-order valence-electron chi connectivity index (χ1n) is 5.80. The first-order valence-corrected chi connectivity index (χ1v) is 5.80. The molecule has 0 radical (unpaired) electrons. The minimum Gasteiger partial charge on any atom is -0.481 e. The lowest BCUT2D eigenvalue weighted by atomic mass is 9.80. The zero-order valence-corrected chi connectivity index (χ0v) is 10.2. The summed E-state index contributed by atoms with van der Waals surface area (Å²) >= 11 is 0. The molecule has 0 saturated heterocycles. The summed E-state index contributed by atoms with van der Waals surface area (Å²) in [5, 5.41) is 11.7. The van der Waals surface area contributed by atoms with Crippen LogP contribution in [0.15, 0.2) is 12.3 Å². The number of hydrogen-bond donors (Lipinski definition) is 2. The van der Waals surface area contributed by atoms with Crippen molar-refractivity contribution in [3.05, 3.63) is 23.4 Å². The molecule has 104 valence electrons. The highest BCUT2D eigenvalue weighted by Crippen LogP contribution is 2.33. The average molecular weight is 274 g/mol. The lowest BCUT2D eigenvalue weighted by Gasteiger charge is -2.33. The molecule has 1 heterocycles. The van der Waals surface area contributed by atoms with Gasteiger partial charge in [0.2, 0.25) is 0 Å². The van der Waals surface area contributed by atoms with E-state index >= 15 is 0 Å². The summed E-state index contributed by atoms with van der Waals surface area (Å²) in [6.07, 6.45) is -2.68. The molecule has 1 saturated carbocycles. The standard InChI is InChI=1S/C12H13F3N2O2/c1-6-2-8(12(13,14)15)5-16-10(6)17-9-3-7(4-9)11(18)19/h2,5,7,9H,3-4H2,1H3,(H,16,17)(H,18,19). The van der Waals surface area contributed by atoms with E-state index < -0.39 is 17.7 Å². The number of alkyl halides is 3. The van der Waals surface area contributed by atoms with Crippen LogP contribution in [-0.4, -0.2) is 22.1 Å². The third-order valence-electron chi connectivity index (χ3n) is 3.23. The van der Waals surface area contributed by atoms with Crippen LogP contribution >= 0.6 is 0 Å². The average Bonchev–Trinajstić information content (AvgIpc) is 2.22. The Morgan fingerprint density at radius 1 is 1.47 bits per heavy atom. The summed E-state index contributed by atoms with van der Waals surface area (Å²) in [4.78, 5) is 14.4. The largest absolute Gasteiger partial charge is 0.481 e. The number of carboxylic acids is 1. The van der Waals surface area contributed by atoms with Crippen molar-refractivity contribution in [2.45, 2.75) is 32.0 Å². The quantitative estimate of drug-likeness (QED) is 0.889. The van der Waals surface area contributed by atoms with E-state index in [-0.39, 0.29) is 12.0 Å². The molecule has 1 aliphatic carbocycles. The molecule has 0 bridgehead atoms. The Bertz CT molecular complexity index is 496. The molecule has 2 N–H and O–H groups in total. The van der Waals surface area contributed by atoms with Crippen molar-refractivity contribution in [1.29, 1.82) is 0 Å². The summed E-state index contributed by atoms with van der Waals surface area (Å²) in [5.74, 6) is -0.829. The molecule has 7 heteroatoms. The van der Waals surface area contributed by atoms with Gasteiger partial charge in [0.05, 0.1) is 11.5 Å². The number of carboxylic acid groups (broad SMARTS) is 1. The van der Waals surface area contributed by atoms with E-state index in [1.807, 2.05) is 0 Å². The molecule has 4 nitrogen and oxygen atoms in total. The summed E-state index contributed by atoms with van der Waals surface area (Å²) in [6.45, 7) is 1.54. The number of nitrogens with one attached hydrogen (secondary N) is 1. The third kappa shape index (κ3) is 2.97. The van der Waals surface area contributed by atoms with E-state index in [2.05, 4.69) is 10.3 Å². The SMILES string of the molecule is Cc1cc(C(F)(F)F)cnc1NC1CC(C(=O)O)C1. The molecule has 0 aromatic carbocycles. The number of rotatable bonds is 3. The van der Waals surface area contributed by atoms with Crippen molar-refractivity contribution in [2.24, 2.45) is 5.92 Å². The monoisotopic (exact) mass is 274 g/mol. The highest BCUT2D eigenvalue weighted by Gasteiger charge is 2.35. The van der Waals surface area contributed by atoms with E-state index in [0.29, 0.717) is 24.2 Å². The van der Waals surface area contributed by atoms with Crippen molar-refractivity contribution in [2.75, 3.05) is 5.32 Å². The van der Waals surface area contributed by atoms with Crippen LogP contribution in [0.25, 0.3) is 0 Å². The molecule has 19 heavy (non-hydrogen) atoms. The van der Waals surface area contributed by atoms with Crippen LogP contribution in [0.5, 0.6) is 0 Å². The van der Waals surface area contributed by atoms with Gasteiger partial charge in [0.25, 0.3) is 0 Å². The summed E-state index contributed by atoms with van der Waals surface area (Å²) in [5.41, 5.74) is -0.388. The minimum absolute atomic E-state index is 0.0379. The highest BCUT2D eigenvalue weighted by atomic mass is 19.4. The fraction of sp³-hybridized carbons (Fsp3) is 0.500. The lowest BCUT2D eigenvalue weighted by Crippen LogP contribution is -2.39. The molecule has 1 aromatic heterocycles. The second-order valence-electron chi connectivity index (χ2n) is 4.74. The molecular weight excluding hydrogens is 261 g/mol. The first-order chi connectivity index (χ1) is 8.77. The number of halogens is 3. The van der Waals surface area contributed by atoms with Gasteiger partial charge in [0.1, 0.15) is 5.82 Å². The number of aryl methyl sites for hydroxylation is 1. The smallest absolute Gasteiger partial charge is 0.417 e. The molecular formula is C12H13F3N2O2. The van der Waals surface area contributed by atoms with Crippen molar-refractivity contribution in [3.63, 3.8) is 0 Å². The van der Waals surface area contributed by atoms with Crippen molar-refractivity contribution in [1.82, 2.24) is 4.98 Å². The molecule has 1 aromatic rings. The van der Waals surface area contributed by atoms with Crippen LogP contribution in [0, 0.1) is 12.8 Å². The maximum absolute atomic E-state index is 12.5. The molecule has 1 fully saturated rings. The summed E-state index contributed by atoms with van der Waals surface area (Å²) in [7, 11) is 0. The fourth-order valence-corrected chi connectivity index (χ4v) is 2.01. The van der Waals surface area contributed by atoms with Crippen molar-refractivity contribution in [3.8, 4) is 0 Å². The molecule has 0 amide bonds. The van der Waals surface area contributed by atoms with Crippen LogP contribution in [0.2, 0.25) is 0 Å². The minimum atomic E-state index is -4.40. The van der Waals surface area contributed by atoms with Gasteiger partial charge in [-0.05, 0) is 31.4 Å². The Kier molecular flexibility index (Phi) is 3.38. The van der Waals surface area contributed by atoms with Gasteiger partial charge in [-0.15, -0.1) is 0 Å². The van der Waals surface area contributed by atoms with Gasteiger partial charge >= 0.3 is 12.1 Å². The maximum Gasteiger partial charge on any atom is 0.417 e. The maximum atomic E-state index is 12.5. The molecule has 0 atom stereocenters. The lowest BCUT2D eigenvalue weighted by molar-refractivity contribution is -0.144. The van der Waals surface area contributed by atoms with E-state index in [1.165, 1.54) is 6.92 Å². The molecule has 1 aliphatic rings. The van der Waals surface area contributed by atoms with Crippen molar-refractivity contribution < 1.29 is 23.1 Å². The summed E-state index contributed by atoms with van der Waals surface area (Å²) < 4.78 is 37.4. The summed E-state index contributed by atoms with van der Waals surface area (Å²) in [6, 6.07) is 0.993. The topological polar surface area (TPSA) is 62.2 Å². The molecule has 2 rings (SSSR count). The van der Waals surface area contributed by atoms with Gasteiger partial charge in [-0.25, -0.2) is 4.98 Å². The van der Waals surface area contributed by atoms with Crippen molar-refractivity contribution >= 4 is 11.8 Å². The number of aliphatic carboxylic acids is 1. The van der Waals surface area contributed by atoms with Gasteiger partial charge in [-0.2, -0.15) is 13.2 Å². The first kappa shape index (κ1) is 13.6. The Morgan fingerprint density at radius 2 is 2.11 bits per heavy atom. The number of hydrogen-bond acceptors (Lipinski definition) is 3. The Hall–Kier alpha value is -1.79. The number of carbonyl (C=O) groups is 1. The number of pyridine rings is 1. The van der Waals surface area contributed by atoms with Crippen LogP contribution in [0.4, 0.5) is 19.0 Å². The van der Waals surface area contributed by atoms with Gasteiger partial charge in [0, 0.05) is 12.2 Å². The molecule has 0 spiro atoms. The van der Waals surface area contributed by atoms with E-state index in [9.17, 15) is 18.0 Å². The van der Waals surface area contributed by atoms with Crippen LogP contribution in [0.3, 0.4) is 0 Å². The molecule has 0 aliphatic heterocycles. The van der Waals surface area contributed by atoms with Crippen LogP contribution < -0.4 is 5.32 Å². The zero-order valence-electron chi connectivity index (χ0n) is 10.2. The Labute approximate surface area is 107 Å². The zero-order chi connectivity index (χ0) is 14.2. The van der Waals surface area contributed by atoms with Crippen LogP contribution in [0.1, 0.15) is 24.0 Å². The second-order valence-corrected chi connectivity index (χ2v) is 4.74. The second kappa shape index (κ2) is 4.71.